The largest absolute Gasteiger partial charge is 0.435 e. The lowest BCUT2D eigenvalue weighted by Gasteiger charge is -2.10. The average molecular weight is 270 g/mol. The van der Waals surface area contributed by atoms with Crippen molar-refractivity contribution in [3.8, 4) is 5.75 Å². The van der Waals surface area contributed by atoms with E-state index in [2.05, 4.69) is 15.4 Å². The van der Waals surface area contributed by atoms with Crippen LogP contribution in [-0.4, -0.2) is 25.6 Å². The van der Waals surface area contributed by atoms with Gasteiger partial charge in [0.15, 0.2) is 0 Å². The Labute approximate surface area is 110 Å². The van der Waals surface area contributed by atoms with Gasteiger partial charge < -0.3 is 15.4 Å². The van der Waals surface area contributed by atoms with E-state index >= 15 is 0 Å². The highest BCUT2D eigenvalue weighted by Gasteiger charge is 2.17. The van der Waals surface area contributed by atoms with Gasteiger partial charge >= 0.3 is 6.61 Å². The Morgan fingerprint density at radius 2 is 2.16 bits per heavy atom. The maximum Gasteiger partial charge on any atom is 0.387 e. The van der Waals surface area contributed by atoms with Crippen LogP contribution in [-0.2, 0) is 4.79 Å². The summed E-state index contributed by atoms with van der Waals surface area (Å²) in [4.78, 5) is 11.7. The summed E-state index contributed by atoms with van der Waals surface area (Å²) in [7, 11) is 0. The number of carbonyl (C=O) groups excluding carboxylic acids is 1. The topological polar surface area (TPSA) is 50.4 Å². The summed E-state index contributed by atoms with van der Waals surface area (Å²) < 4.78 is 28.1. The lowest BCUT2D eigenvalue weighted by atomic mass is 10.0. The number of halogens is 2. The number of nitrogens with one attached hydrogen (secondary N) is 2. The van der Waals surface area contributed by atoms with Gasteiger partial charge in [0.25, 0.3) is 0 Å². The van der Waals surface area contributed by atoms with Gasteiger partial charge in [-0.3, -0.25) is 4.79 Å². The zero-order valence-corrected chi connectivity index (χ0v) is 10.4. The molecule has 6 heteroatoms. The Balaban J connectivity index is 1.82. The summed E-state index contributed by atoms with van der Waals surface area (Å²) in [6.45, 7) is -1.01. The van der Waals surface area contributed by atoms with Gasteiger partial charge in [0.1, 0.15) is 5.75 Å². The van der Waals surface area contributed by atoms with E-state index in [1.165, 1.54) is 12.1 Å². The van der Waals surface area contributed by atoms with Crippen molar-refractivity contribution in [2.75, 3.05) is 18.4 Å². The summed E-state index contributed by atoms with van der Waals surface area (Å²) in [5, 5.41) is 5.94. The first kappa shape index (κ1) is 13.7. The number of hydrogen-bond acceptors (Lipinski definition) is 3. The van der Waals surface area contributed by atoms with Crippen LogP contribution >= 0.6 is 0 Å². The van der Waals surface area contributed by atoms with E-state index in [4.69, 9.17) is 0 Å². The molecule has 0 saturated carbocycles. The number of rotatable bonds is 5. The predicted octanol–water partition coefficient (Wildman–Crippen LogP) is 2.23. The van der Waals surface area contributed by atoms with Crippen LogP contribution in [0.5, 0.6) is 5.75 Å². The first-order valence-corrected chi connectivity index (χ1v) is 6.19. The lowest BCUT2D eigenvalue weighted by Crippen LogP contribution is -2.18. The van der Waals surface area contributed by atoms with Gasteiger partial charge in [-0.1, -0.05) is 0 Å². The van der Waals surface area contributed by atoms with Crippen LogP contribution in [0.3, 0.4) is 0 Å². The molecule has 0 aliphatic carbocycles. The molecule has 2 N–H and O–H groups in total. The minimum Gasteiger partial charge on any atom is -0.435 e. The minimum absolute atomic E-state index is 0.0590. The Morgan fingerprint density at radius 3 is 2.74 bits per heavy atom. The van der Waals surface area contributed by atoms with Crippen molar-refractivity contribution >= 4 is 11.6 Å². The summed E-state index contributed by atoms with van der Waals surface area (Å²) >= 11 is 0. The Hall–Kier alpha value is -1.69. The summed E-state index contributed by atoms with van der Waals surface area (Å²) in [5.41, 5.74) is 0.581. The molecule has 0 aromatic heterocycles. The second-order valence-corrected chi connectivity index (χ2v) is 4.51. The molecule has 1 aromatic rings. The second-order valence-electron chi connectivity index (χ2n) is 4.51. The molecule has 4 nitrogen and oxygen atoms in total. The van der Waals surface area contributed by atoms with Crippen molar-refractivity contribution in [1.82, 2.24) is 5.32 Å². The highest BCUT2D eigenvalue weighted by atomic mass is 19.3. The van der Waals surface area contributed by atoms with Gasteiger partial charge in [-0.15, -0.1) is 0 Å². The average Bonchev–Trinajstić information content (AvgIpc) is 2.83. The first-order chi connectivity index (χ1) is 9.13. The molecule has 1 fully saturated rings. The van der Waals surface area contributed by atoms with E-state index < -0.39 is 6.61 Å². The van der Waals surface area contributed by atoms with Crippen molar-refractivity contribution < 1.29 is 18.3 Å². The van der Waals surface area contributed by atoms with Gasteiger partial charge in [0.05, 0.1) is 0 Å². The molecule has 2 rings (SSSR count). The molecule has 1 saturated heterocycles. The number of hydrogen-bond donors (Lipinski definition) is 2. The number of benzene rings is 1. The molecule has 1 atom stereocenters. The van der Waals surface area contributed by atoms with Crippen molar-refractivity contribution in [3.63, 3.8) is 0 Å². The smallest absolute Gasteiger partial charge is 0.387 e. The Bertz CT molecular complexity index is 417. The van der Waals surface area contributed by atoms with E-state index in [9.17, 15) is 13.6 Å². The first-order valence-electron chi connectivity index (χ1n) is 6.19. The van der Waals surface area contributed by atoms with Gasteiger partial charge in [-0.05, 0) is 49.7 Å². The molecule has 1 amide bonds. The fourth-order valence-corrected chi connectivity index (χ4v) is 2.08. The van der Waals surface area contributed by atoms with Crippen LogP contribution in [0, 0.1) is 5.92 Å². The number of carbonyl (C=O) groups is 1. The van der Waals surface area contributed by atoms with Crippen molar-refractivity contribution in [2.45, 2.75) is 19.5 Å². The normalized spacial score (nSPS) is 18.6. The molecule has 1 unspecified atom stereocenters. The van der Waals surface area contributed by atoms with Crippen molar-refractivity contribution in [2.24, 2.45) is 5.92 Å². The maximum absolute atomic E-state index is 12.0. The lowest BCUT2D eigenvalue weighted by molar-refractivity contribution is -0.117. The number of amides is 1. The second kappa shape index (κ2) is 6.47. The van der Waals surface area contributed by atoms with Gasteiger partial charge in [-0.2, -0.15) is 8.78 Å². The number of ether oxygens (including phenoxy) is 1. The van der Waals surface area contributed by atoms with Crippen LogP contribution in [0.25, 0.3) is 0 Å². The van der Waals surface area contributed by atoms with Crippen LogP contribution in [0.1, 0.15) is 12.8 Å². The zero-order valence-electron chi connectivity index (χ0n) is 10.4. The third-order valence-corrected chi connectivity index (χ3v) is 3.00. The van der Waals surface area contributed by atoms with Crippen LogP contribution in [0.15, 0.2) is 24.3 Å². The highest BCUT2D eigenvalue weighted by molar-refractivity contribution is 5.90. The van der Waals surface area contributed by atoms with E-state index in [-0.39, 0.29) is 11.7 Å². The van der Waals surface area contributed by atoms with Crippen LogP contribution in [0.2, 0.25) is 0 Å². The summed E-state index contributed by atoms with van der Waals surface area (Å²) in [5.74, 6) is 0.394. The van der Waals surface area contributed by atoms with Crippen molar-refractivity contribution in [3.05, 3.63) is 24.3 Å². The summed E-state index contributed by atoms with van der Waals surface area (Å²) in [6.07, 6.45) is 1.48. The van der Waals surface area contributed by atoms with E-state index in [1.807, 2.05) is 0 Å². The van der Waals surface area contributed by atoms with E-state index in [0.717, 1.165) is 19.5 Å². The summed E-state index contributed by atoms with van der Waals surface area (Å²) in [6, 6.07) is 5.89. The van der Waals surface area contributed by atoms with Gasteiger partial charge in [0.2, 0.25) is 5.91 Å². The minimum atomic E-state index is -2.84. The monoisotopic (exact) mass is 270 g/mol. The fourth-order valence-electron chi connectivity index (χ4n) is 2.08. The van der Waals surface area contributed by atoms with Crippen LogP contribution in [0.4, 0.5) is 14.5 Å². The molecule has 0 bridgehead atoms. The third kappa shape index (κ3) is 4.48. The van der Waals surface area contributed by atoms with Gasteiger partial charge in [0, 0.05) is 12.1 Å². The predicted molar refractivity (Wildman–Crippen MR) is 67.3 cm³/mol. The fraction of sp³-hybridized carbons (Fsp3) is 0.462. The third-order valence-electron chi connectivity index (χ3n) is 3.00. The molecular weight excluding hydrogens is 254 g/mol. The SMILES string of the molecule is O=C(CC1CCNC1)Nc1ccc(OC(F)F)cc1. The quantitative estimate of drug-likeness (QED) is 0.862. The molecule has 1 aliphatic rings. The molecule has 19 heavy (non-hydrogen) atoms. The molecule has 1 aromatic carbocycles. The molecule has 0 spiro atoms. The van der Waals surface area contributed by atoms with Crippen molar-refractivity contribution in [1.29, 1.82) is 0 Å². The van der Waals surface area contributed by atoms with E-state index in [1.54, 1.807) is 12.1 Å². The highest BCUT2D eigenvalue weighted by Crippen LogP contribution is 2.19. The number of alkyl halides is 2. The molecule has 104 valence electrons. The molecule has 1 aliphatic heterocycles. The molecule has 0 radical (unpaired) electrons. The number of anilines is 1. The maximum atomic E-state index is 12.0. The van der Waals surface area contributed by atoms with Crippen LogP contribution < -0.4 is 15.4 Å². The standard InChI is InChI=1S/C13H16F2N2O2/c14-13(15)19-11-3-1-10(2-4-11)17-12(18)7-9-5-6-16-8-9/h1-4,9,13,16H,5-8H2,(H,17,18). The zero-order chi connectivity index (χ0) is 13.7. The van der Waals surface area contributed by atoms with Gasteiger partial charge in [-0.25, -0.2) is 0 Å². The molecular formula is C13H16F2N2O2. The Morgan fingerprint density at radius 1 is 1.42 bits per heavy atom. The Kier molecular flexibility index (Phi) is 4.68. The van der Waals surface area contributed by atoms with E-state index in [0.29, 0.717) is 18.0 Å². The molecule has 1 heterocycles.